The van der Waals surface area contributed by atoms with Crippen molar-refractivity contribution >= 4 is 11.8 Å². The average Bonchev–Trinajstić information content (AvgIpc) is 2.06. The van der Waals surface area contributed by atoms with Gasteiger partial charge in [0.2, 0.25) is 6.54 Å². The van der Waals surface area contributed by atoms with Crippen molar-refractivity contribution < 1.29 is 36.2 Å². The Labute approximate surface area is 85.6 Å². The zero-order chi connectivity index (χ0) is 8.97. The minimum atomic E-state index is -1.41. The second-order valence-electron chi connectivity index (χ2n) is 2.20. The van der Waals surface area contributed by atoms with Crippen LogP contribution < -0.4 is 21.5 Å². The zero-order valence-electron chi connectivity index (χ0n) is 6.61. The molecule has 0 aliphatic rings. The maximum Gasteiger partial charge on any atom is 0.379 e. The minimum Gasteiger partial charge on any atom is -1.00 e. The van der Waals surface area contributed by atoms with Crippen LogP contribution in [-0.4, -0.2) is 16.9 Å². The maximum absolute atomic E-state index is 10.7. The molecular formula is C8H7BrNO3. The van der Waals surface area contributed by atoms with Crippen molar-refractivity contribution in [1.82, 2.24) is 0 Å². The molecule has 0 saturated heterocycles. The van der Waals surface area contributed by atoms with E-state index in [1.807, 2.05) is 0 Å². The Morgan fingerprint density at radius 2 is 1.85 bits per heavy atom. The number of hydrogen-bond donors (Lipinski definition) is 1. The number of carbonyl (C=O) groups excluding carboxylic acids is 1. The van der Waals surface area contributed by atoms with Crippen LogP contribution in [0.3, 0.4) is 0 Å². The van der Waals surface area contributed by atoms with Crippen LogP contribution in [0.1, 0.15) is 0 Å². The third-order valence-corrected chi connectivity index (χ3v) is 1.29. The Morgan fingerprint density at radius 1 is 1.31 bits per heavy atom. The highest BCUT2D eigenvalue weighted by Crippen LogP contribution is 1.77. The van der Waals surface area contributed by atoms with E-state index in [0.29, 0.717) is 0 Å². The molecule has 0 saturated carbocycles. The van der Waals surface area contributed by atoms with Gasteiger partial charge in [-0.1, -0.05) is 0 Å². The third-order valence-electron chi connectivity index (χ3n) is 1.29. The maximum atomic E-state index is 10.7. The molecule has 0 fully saturated rings. The molecule has 0 unspecified atom stereocenters. The topological polar surface area (TPSA) is 58.2 Å². The third kappa shape index (κ3) is 3.80. The first-order chi connectivity index (χ1) is 5.70. The predicted molar refractivity (Wildman–Crippen MR) is 38.1 cm³/mol. The first-order valence-electron chi connectivity index (χ1n) is 3.31. The number of aromatic nitrogens is 1. The van der Waals surface area contributed by atoms with Gasteiger partial charge in [0.15, 0.2) is 12.4 Å². The molecule has 0 atom stereocenters. The van der Waals surface area contributed by atoms with E-state index in [4.69, 9.17) is 5.11 Å². The lowest BCUT2D eigenvalue weighted by Gasteiger charge is -1.90. The van der Waals surface area contributed by atoms with Gasteiger partial charge in [-0.15, -0.1) is 0 Å². The molecule has 4 nitrogen and oxygen atoms in total. The number of rotatable bonds is 3. The van der Waals surface area contributed by atoms with Gasteiger partial charge in [0.1, 0.15) is 0 Å². The summed E-state index contributed by atoms with van der Waals surface area (Å²) in [5.41, 5.74) is 0. The largest absolute Gasteiger partial charge is 1.00 e. The fourth-order valence-corrected chi connectivity index (χ4v) is 0.722. The van der Waals surface area contributed by atoms with Crippen LogP contribution in [0.4, 0.5) is 0 Å². The Hall–Kier alpha value is -1.23. The molecule has 1 radical (unpaired) electrons. The molecule has 13 heavy (non-hydrogen) atoms. The van der Waals surface area contributed by atoms with Crippen LogP contribution in [0.15, 0.2) is 24.5 Å². The molecule has 0 aromatic carbocycles. The number of nitrogens with zero attached hydrogens (tertiary/aromatic N) is 1. The molecule has 1 rings (SSSR count). The number of ketones is 1. The lowest BCUT2D eigenvalue weighted by Crippen LogP contribution is -3.00. The van der Waals surface area contributed by atoms with Crippen LogP contribution >= 0.6 is 0 Å². The summed E-state index contributed by atoms with van der Waals surface area (Å²) >= 11 is 0. The van der Waals surface area contributed by atoms with Crippen molar-refractivity contribution in [2.45, 2.75) is 6.54 Å². The van der Waals surface area contributed by atoms with Crippen molar-refractivity contribution in [3.05, 3.63) is 30.6 Å². The van der Waals surface area contributed by atoms with Gasteiger partial charge in [-0.05, 0) is 6.07 Å². The Balaban J connectivity index is 0.00000144. The van der Waals surface area contributed by atoms with Crippen molar-refractivity contribution in [3.8, 4) is 0 Å². The number of carboxylic acids is 1. The summed E-state index contributed by atoms with van der Waals surface area (Å²) in [5.74, 6) is -2.23. The van der Waals surface area contributed by atoms with E-state index in [9.17, 15) is 9.59 Å². The van der Waals surface area contributed by atoms with E-state index in [0.717, 1.165) is 0 Å². The van der Waals surface area contributed by atoms with Gasteiger partial charge in [-0.3, -0.25) is 4.79 Å². The van der Waals surface area contributed by atoms with Gasteiger partial charge < -0.3 is 22.1 Å². The quantitative estimate of drug-likeness (QED) is 0.443. The molecule has 1 aromatic heterocycles. The van der Waals surface area contributed by atoms with E-state index in [1.54, 1.807) is 24.5 Å². The smallest absolute Gasteiger partial charge is 0.379 e. The van der Waals surface area contributed by atoms with Crippen molar-refractivity contribution in [2.24, 2.45) is 0 Å². The molecule has 5 heteroatoms. The molecule has 1 aromatic rings. The number of carbonyl (C=O) groups is 2. The SMILES string of the molecule is O=C(O)C(=O)C[n+]1cc[c]cc1.[Br-]. The molecule has 0 aliphatic carbocycles. The van der Waals surface area contributed by atoms with Crippen LogP contribution in [0.5, 0.6) is 0 Å². The lowest BCUT2D eigenvalue weighted by atomic mass is 10.4. The molecule has 1 N–H and O–H groups in total. The number of aliphatic carboxylic acids is 1. The molecule has 0 aliphatic heterocycles. The van der Waals surface area contributed by atoms with Crippen molar-refractivity contribution in [3.63, 3.8) is 0 Å². The number of halogens is 1. The lowest BCUT2D eigenvalue weighted by molar-refractivity contribution is -0.683. The summed E-state index contributed by atoms with van der Waals surface area (Å²) in [4.78, 5) is 20.8. The van der Waals surface area contributed by atoms with Crippen LogP contribution in [0.25, 0.3) is 0 Å². The van der Waals surface area contributed by atoms with E-state index in [-0.39, 0.29) is 23.5 Å². The summed E-state index contributed by atoms with van der Waals surface area (Å²) in [6.45, 7) is -0.135. The Morgan fingerprint density at radius 3 is 2.31 bits per heavy atom. The van der Waals surface area contributed by atoms with E-state index in [1.165, 1.54) is 4.57 Å². The van der Waals surface area contributed by atoms with E-state index in [2.05, 4.69) is 6.07 Å². The van der Waals surface area contributed by atoms with Gasteiger partial charge in [-0.25, -0.2) is 4.79 Å². The monoisotopic (exact) mass is 244 g/mol. The highest BCUT2D eigenvalue weighted by Gasteiger charge is 2.16. The average molecular weight is 245 g/mol. The van der Waals surface area contributed by atoms with Crippen LogP contribution in [0.2, 0.25) is 0 Å². The second-order valence-corrected chi connectivity index (χ2v) is 2.20. The molecule has 0 bridgehead atoms. The van der Waals surface area contributed by atoms with Crippen molar-refractivity contribution in [1.29, 1.82) is 0 Å². The molecule has 1 heterocycles. The van der Waals surface area contributed by atoms with Gasteiger partial charge in [-0.2, -0.15) is 4.57 Å². The standard InChI is InChI=1S/C8H6NO3.BrH/c10-7(8(11)12)6-9-4-2-1-3-5-9;/h2-5H,6H2;1H. The molecular weight excluding hydrogens is 238 g/mol. The summed E-state index contributed by atoms with van der Waals surface area (Å²) < 4.78 is 1.48. The first-order valence-corrected chi connectivity index (χ1v) is 3.31. The fraction of sp³-hybridized carbons (Fsp3) is 0.125. The highest BCUT2D eigenvalue weighted by atomic mass is 79.9. The fourth-order valence-electron chi connectivity index (χ4n) is 0.722. The number of hydrogen-bond acceptors (Lipinski definition) is 2. The van der Waals surface area contributed by atoms with E-state index < -0.39 is 11.8 Å². The number of Topliss-reactive ketones (excluding diaryl/α,β-unsaturated/α-hetero) is 1. The normalized spacial score (nSPS) is 8.62. The van der Waals surface area contributed by atoms with Crippen LogP contribution in [0, 0.1) is 6.07 Å². The summed E-state index contributed by atoms with van der Waals surface area (Å²) in [6.07, 6.45) is 3.17. The Bertz CT molecular complexity index is 300. The first kappa shape index (κ1) is 11.8. The predicted octanol–water partition coefficient (Wildman–Crippen LogP) is -3.57. The number of carboxylic acid groups (broad SMARTS) is 1. The second kappa shape index (κ2) is 5.42. The molecule has 0 spiro atoms. The van der Waals surface area contributed by atoms with Gasteiger partial charge >= 0.3 is 11.8 Å². The number of pyridine rings is 1. The summed E-state index contributed by atoms with van der Waals surface area (Å²) in [7, 11) is 0. The minimum absolute atomic E-state index is 0. The summed E-state index contributed by atoms with van der Waals surface area (Å²) in [6, 6.07) is 5.97. The van der Waals surface area contributed by atoms with Crippen molar-refractivity contribution in [2.75, 3.05) is 0 Å². The summed E-state index contributed by atoms with van der Waals surface area (Å²) in [5, 5.41) is 8.27. The van der Waals surface area contributed by atoms with Crippen LogP contribution in [-0.2, 0) is 16.1 Å². The van der Waals surface area contributed by atoms with Gasteiger partial charge in [0.05, 0.1) is 0 Å². The molecule has 0 amide bonds. The van der Waals surface area contributed by atoms with E-state index >= 15 is 0 Å². The molecule has 69 valence electrons. The highest BCUT2D eigenvalue weighted by molar-refractivity contribution is 6.32. The zero-order valence-corrected chi connectivity index (χ0v) is 8.19. The van der Waals surface area contributed by atoms with Gasteiger partial charge in [0.25, 0.3) is 0 Å². The van der Waals surface area contributed by atoms with Gasteiger partial charge in [0, 0.05) is 12.1 Å². The Kier molecular flexibility index (Phi) is 4.91.